The number of hydrogen-bond acceptors (Lipinski definition) is 5. The van der Waals surface area contributed by atoms with Crippen LogP contribution >= 0.6 is 0 Å². The van der Waals surface area contributed by atoms with E-state index in [0.29, 0.717) is 0 Å². The van der Waals surface area contributed by atoms with Gasteiger partial charge in [-0.2, -0.15) is 0 Å². The average molecular weight is 246 g/mol. The predicted octanol–water partition coefficient (Wildman–Crippen LogP) is -0.506. The number of nitrogens with zero attached hydrogens (tertiary/aromatic N) is 1. The van der Waals surface area contributed by atoms with Crippen molar-refractivity contribution >= 4 is 18.2 Å². The maximum atomic E-state index is 11.1. The van der Waals surface area contributed by atoms with E-state index in [0.717, 1.165) is 7.11 Å². The SMILES string of the molecule is COC(=O)NC(C(=O)O)C1CN(C(=O)OC)C1. The summed E-state index contributed by atoms with van der Waals surface area (Å²) in [5, 5.41) is 11.1. The summed E-state index contributed by atoms with van der Waals surface area (Å²) < 4.78 is 8.80. The molecule has 0 aromatic rings. The Kier molecular flexibility index (Phi) is 4.13. The van der Waals surface area contributed by atoms with Crippen LogP contribution in [0.2, 0.25) is 0 Å². The van der Waals surface area contributed by atoms with Crippen LogP contribution in [0.15, 0.2) is 0 Å². The second-order valence-corrected chi connectivity index (χ2v) is 3.59. The second kappa shape index (κ2) is 5.37. The highest BCUT2D eigenvalue weighted by molar-refractivity contribution is 5.80. The van der Waals surface area contributed by atoms with E-state index in [1.807, 2.05) is 0 Å². The van der Waals surface area contributed by atoms with Gasteiger partial charge < -0.3 is 24.8 Å². The van der Waals surface area contributed by atoms with Crippen LogP contribution in [0.25, 0.3) is 0 Å². The van der Waals surface area contributed by atoms with Crippen LogP contribution in [0.3, 0.4) is 0 Å². The molecule has 0 aromatic carbocycles. The van der Waals surface area contributed by atoms with Crippen molar-refractivity contribution in [2.24, 2.45) is 5.92 Å². The number of rotatable bonds is 3. The van der Waals surface area contributed by atoms with Gasteiger partial charge in [-0.05, 0) is 0 Å². The summed E-state index contributed by atoms with van der Waals surface area (Å²) in [6.07, 6.45) is -1.32. The maximum absolute atomic E-state index is 11.1. The van der Waals surface area contributed by atoms with Crippen LogP contribution in [0.4, 0.5) is 9.59 Å². The van der Waals surface area contributed by atoms with E-state index in [2.05, 4.69) is 14.8 Å². The molecule has 1 unspecified atom stereocenters. The first-order chi connectivity index (χ1) is 7.99. The summed E-state index contributed by atoms with van der Waals surface area (Å²) in [6, 6.07) is -1.07. The summed E-state index contributed by atoms with van der Waals surface area (Å²) in [7, 11) is 2.40. The van der Waals surface area contributed by atoms with Crippen molar-refractivity contribution < 1.29 is 29.0 Å². The van der Waals surface area contributed by atoms with E-state index < -0.39 is 24.2 Å². The minimum absolute atomic E-state index is 0.230. The number of amides is 2. The first-order valence-electron chi connectivity index (χ1n) is 4.89. The third-order valence-electron chi connectivity index (χ3n) is 2.54. The van der Waals surface area contributed by atoms with Crippen LogP contribution in [-0.4, -0.2) is 61.5 Å². The number of nitrogens with one attached hydrogen (secondary N) is 1. The minimum Gasteiger partial charge on any atom is -0.480 e. The molecule has 2 amide bonds. The number of likely N-dealkylation sites (tertiary alicyclic amines) is 1. The van der Waals surface area contributed by atoms with Gasteiger partial charge in [0.25, 0.3) is 0 Å². The number of carbonyl (C=O) groups is 3. The Labute approximate surface area is 97.5 Å². The molecule has 17 heavy (non-hydrogen) atoms. The molecule has 1 rings (SSSR count). The molecular weight excluding hydrogens is 232 g/mol. The molecule has 0 bridgehead atoms. The van der Waals surface area contributed by atoms with Crippen LogP contribution in [0.5, 0.6) is 0 Å². The highest BCUT2D eigenvalue weighted by atomic mass is 16.5. The largest absolute Gasteiger partial charge is 0.480 e. The maximum Gasteiger partial charge on any atom is 0.409 e. The Hall–Kier alpha value is -1.99. The number of carbonyl (C=O) groups excluding carboxylic acids is 2. The standard InChI is InChI=1S/C9H14N2O6/c1-16-8(14)10-6(7(12)13)5-3-11(4-5)9(15)17-2/h5-6H,3-4H2,1-2H3,(H,10,14)(H,12,13). The molecular formula is C9H14N2O6. The molecule has 0 spiro atoms. The first kappa shape index (κ1) is 13.1. The lowest BCUT2D eigenvalue weighted by Crippen LogP contribution is -2.60. The zero-order chi connectivity index (χ0) is 13.0. The fourth-order valence-electron chi connectivity index (χ4n) is 1.57. The molecule has 0 aromatic heterocycles. The van der Waals surface area contributed by atoms with Crippen LogP contribution in [-0.2, 0) is 14.3 Å². The van der Waals surface area contributed by atoms with Gasteiger partial charge in [0.1, 0.15) is 6.04 Å². The zero-order valence-corrected chi connectivity index (χ0v) is 9.50. The molecule has 0 radical (unpaired) electrons. The molecule has 8 heteroatoms. The summed E-state index contributed by atoms with van der Waals surface area (Å²) in [4.78, 5) is 34.3. The molecule has 96 valence electrons. The van der Waals surface area contributed by atoms with Crippen molar-refractivity contribution in [3.05, 3.63) is 0 Å². The van der Waals surface area contributed by atoms with Gasteiger partial charge >= 0.3 is 18.2 Å². The van der Waals surface area contributed by atoms with E-state index in [-0.39, 0.29) is 19.0 Å². The topological polar surface area (TPSA) is 105 Å². The van der Waals surface area contributed by atoms with E-state index in [9.17, 15) is 14.4 Å². The van der Waals surface area contributed by atoms with Gasteiger partial charge in [0.15, 0.2) is 0 Å². The van der Waals surface area contributed by atoms with Crippen LogP contribution in [0, 0.1) is 5.92 Å². The van der Waals surface area contributed by atoms with Gasteiger partial charge in [0.05, 0.1) is 14.2 Å². The average Bonchev–Trinajstić information content (AvgIpc) is 2.24. The highest BCUT2D eigenvalue weighted by Crippen LogP contribution is 2.20. The van der Waals surface area contributed by atoms with Crippen molar-refractivity contribution in [2.45, 2.75) is 6.04 Å². The number of methoxy groups -OCH3 is 2. The smallest absolute Gasteiger partial charge is 0.409 e. The quantitative estimate of drug-likeness (QED) is 0.695. The molecule has 0 aliphatic carbocycles. The molecule has 1 heterocycles. The summed E-state index contributed by atoms with van der Waals surface area (Å²) >= 11 is 0. The van der Waals surface area contributed by atoms with E-state index >= 15 is 0 Å². The van der Waals surface area contributed by atoms with E-state index in [4.69, 9.17) is 5.11 Å². The predicted molar refractivity (Wildman–Crippen MR) is 54.4 cm³/mol. The minimum atomic E-state index is -1.16. The van der Waals surface area contributed by atoms with Gasteiger partial charge in [0.2, 0.25) is 0 Å². The fraction of sp³-hybridized carbons (Fsp3) is 0.667. The molecule has 0 saturated carbocycles. The van der Waals surface area contributed by atoms with E-state index in [1.54, 1.807) is 0 Å². The number of hydrogen-bond donors (Lipinski definition) is 2. The second-order valence-electron chi connectivity index (χ2n) is 3.59. The summed E-state index contributed by atoms with van der Waals surface area (Å²) in [6.45, 7) is 0.460. The van der Waals surface area contributed by atoms with Crippen LogP contribution < -0.4 is 5.32 Å². The molecule has 1 aliphatic heterocycles. The number of aliphatic carboxylic acids is 1. The van der Waals surface area contributed by atoms with Gasteiger partial charge in [-0.15, -0.1) is 0 Å². The lowest BCUT2D eigenvalue weighted by molar-refractivity contribution is -0.142. The Morgan fingerprint density at radius 3 is 2.29 bits per heavy atom. The van der Waals surface area contributed by atoms with Gasteiger partial charge in [-0.1, -0.05) is 0 Å². The van der Waals surface area contributed by atoms with Gasteiger partial charge in [-0.25, -0.2) is 14.4 Å². The molecule has 1 aliphatic rings. The Bertz CT molecular complexity index is 325. The van der Waals surface area contributed by atoms with Crippen molar-refractivity contribution in [1.29, 1.82) is 0 Å². The molecule has 2 N–H and O–H groups in total. The third kappa shape index (κ3) is 2.99. The van der Waals surface area contributed by atoms with Gasteiger partial charge in [0, 0.05) is 19.0 Å². The third-order valence-corrected chi connectivity index (χ3v) is 2.54. The molecule has 8 nitrogen and oxygen atoms in total. The number of carboxylic acids is 1. The zero-order valence-electron chi connectivity index (χ0n) is 9.50. The number of alkyl carbamates (subject to hydrolysis) is 1. The monoisotopic (exact) mass is 246 g/mol. The number of ether oxygens (including phenoxy) is 2. The Morgan fingerprint density at radius 1 is 1.29 bits per heavy atom. The van der Waals surface area contributed by atoms with Gasteiger partial charge in [-0.3, -0.25) is 0 Å². The number of carboxylic acid groups (broad SMARTS) is 1. The molecule has 1 saturated heterocycles. The van der Waals surface area contributed by atoms with E-state index in [1.165, 1.54) is 12.0 Å². The first-order valence-corrected chi connectivity index (χ1v) is 4.89. The fourth-order valence-corrected chi connectivity index (χ4v) is 1.57. The lowest BCUT2D eigenvalue weighted by Gasteiger charge is -2.40. The Morgan fingerprint density at radius 2 is 1.88 bits per heavy atom. The van der Waals surface area contributed by atoms with Crippen LogP contribution in [0.1, 0.15) is 0 Å². The van der Waals surface area contributed by atoms with Crippen molar-refractivity contribution in [1.82, 2.24) is 10.2 Å². The summed E-state index contributed by atoms with van der Waals surface area (Å²) in [5.74, 6) is -1.50. The van der Waals surface area contributed by atoms with Crippen molar-refractivity contribution in [3.8, 4) is 0 Å². The van der Waals surface area contributed by atoms with Crippen molar-refractivity contribution in [2.75, 3.05) is 27.3 Å². The summed E-state index contributed by atoms with van der Waals surface area (Å²) in [5.41, 5.74) is 0. The highest BCUT2D eigenvalue weighted by Gasteiger charge is 2.41. The molecule has 1 fully saturated rings. The van der Waals surface area contributed by atoms with Crippen molar-refractivity contribution in [3.63, 3.8) is 0 Å². The lowest BCUT2D eigenvalue weighted by atomic mass is 9.92. The Balaban J connectivity index is 2.50. The molecule has 1 atom stereocenters. The normalized spacial score (nSPS) is 16.7.